The van der Waals surface area contributed by atoms with E-state index in [1.54, 1.807) is 12.3 Å². The molecule has 1 N–H and O–H groups in total. The lowest BCUT2D eigenvalue weighted by Gasteiger charge is -2.39. The number of benzene rings is 1. The Bertz CT molecular complexity index is 849. The largest absolute Gasteiger partial charge is 0.487 e. The average molecular weight is 372 g/mol. The van der Waals surface area contributed by atoms with Crippen LogP contribution in [-0.2, 0) is 6.42 Å². The molecule has 0 spiro atoms. The minimum absolute atomic E-state index is 0.0452. The number of hydrogen-bond acceptors (Lipinski definition) is 3. The van der Waals surface area contributed by atoms with Crippen LogP contribution >= 0.6 is 0 Å². The Kier molecular flexibility index (Phi) is 5.48. The van der Waals surface area contributed by atoms with Crippen LogP contribution in [0.5, 0.6) is 5.75 Å². The van der Waals surface area contributed by atoms with Gasteiger partial charge in [-0.3, -0.25) is 4.79 Å². The molecule has 27 heavy (non-hydrogen) atoms. The number of nitrogens with zero attached hydrogens (tertiary/aromatic N) is 1. The summed E-state index contributed by atoms with van der Waals surface area (Å²) < 4.78 is 20.6. The van der Waals surface area contributed by atoms with Gasteiger partial charge in [0.05, 0.1) is 5.39 Å². The van der Waals surface area contributed by atoms with E-state index in [-0.39, 0.29) is 17.4 Å². The highest BCUT2D eigenvalue weighted by Gasteiger charge is 2.27. The standard InChI is InChI=1S/C22H29FN2O2/c1-2-15-14-24-22(26)19-12-20(23)21(13-18(15)19)27-17-8-10-25(11-9-17)16-6-4-3-5-7-16/h12-14,16-17H,2-11H2,1H3,(H,24,26). The van der Waals surface area contributed by atoms with Gasteiger partial charge in [-0.05, 0) is 55.2 Å². The summed E-state index contributed by atoms with van der Waals surface area (Å²) in [5.74, 6) is -0.171. The Labute approximate surface area is 159 Å². The van der Waals surface area contributed by atoms with Crippen molar-refractivity contribution in [3.8, 4) is 5.75 Å². The minimum atomic E-state index is -0.448. The molecule has 0 atom stereocenters. The smallest absolute Gasteiger partial charge is 0.255 e. The number of hydrogen-bond donors (Lipinski definition) is 1. The van der Waals surface area contributed by atoms with Gasteiger partial charge < -0.3 is 14.6 Å². The first-order chi connectivity index (χ1) is 13.2. The number of rotatable bonds is 4. The van der Waals surface area contributed by atoms with Gasteiger partial charge in [-0.2, -0.15) is 0 Å². The zero-order valence-corrected chi connectivity index (χ0v) is 16.1. The fourth-order valence-electron chi connectivity index (χ4n) is 4.68. The quantitative estimate of drug-likeness (QED) is 0.865. The highest BCUT2D eigenvalue weighted by Crippen LogP contribution is 2.30. The summed E-state index contributed by atoms with van der Waals surface area (Å²) in [4.78, 5) is 17.3. The van der Waals surface area contributed by atoms with Crippen molar-refractivity contribution in [3.63, 3.8) is 0 Å². The molecule has 1 aromatic carbocycles. The Morgan fingerprint density at radius 3 is 2.56 bits per heavy atom. The molecule has 4 nitrogen and oxygen atoms in total. The second-order valence-electron chi connectivity index (χ2n) is 7.97. The summed E-state index contributed by atoms with van der Waals surface area (Å²) in [5.41, 5.74) is 0.745. The van der Waals surface area contributed by atoms with Crippen molar-refractivity contribution in [1.29, 1.82) is 0 Å². The van der Waals surface area contributed by atoms with Crippen LogP contribution in [0.4, 0.5) is 4.39 Å². The Morgan fingerprint density at radius 2 is 1.85 bits per heavy atom. The predicted molar refractivity (Wildman–Crippen MR) is 106 cm³/mol. The molecule has 2 fully saturated rings. The van der Waals surface area contributed by atoms with Gasteiger partial charge in [0.25, 0.3) is 5.56 Å². The number of ether oxygens (including phenoxy) is 1. The van der Waals surface area contributed by atoms with Crippen molar-refractivity contribution < 1.29 is 9.13 Å². The maximum absolute atomic E-state index is 14.6. The molecule has 146 valence electrons. The van der Waals surface area contributed by atoms with E-state index in [0.29, 0.717) is 5.39 Å². The minimum Gasteiger partial charge on any atom is -0.487 e. The first-order valence-electron chi connectivity index (χ1n) is 10.4. The van der Waals surface area contributed by atoms with E-state index in [1.165, 1.54) is 38.2 Å². The third-order valence-corrected chi connectivity index (χ3v) is 6.28. The van der Waals surface area contributed by atoms with Gasteiger partial charge >= 0.3 is 0 Å². The number of aromatic amines is 1. The lowest BCUT2D eigenvalue weighted by Crippen LogP contribution is -2.44. The van der Waals surface area contributed by atoms with E-state index in [4.69, 9.17) is 4.74 Å². The van der Waals surface area contributed by atoms with Crippen LogP contribution in [0.1, 0.15) is 57.4 Å². The molecular weight excluding hydrogens is 343 g/mol. The summed E-state index contributed by atoms with van der Waals surface area (Å²) in [6, 6.07) is 3.77. The van der Waals surface area contributed by atoms with Gasteiger partial charge in [0.2, 0.25) is 0 Å². The highest BCUT2D eigenvalue weighted by atomic mass is 19.1. The number of aryl methyl sites for hydroxylation is 1. The molecule has 2 aliphatic rings. The molecule has 1 aliphatic heterocycles. The van der Waals surface area contributed by atoms with Crippen molar-refractivity contribution in [3.05, 3.63) is 40.1 Å². The molecule has 4 rings (SSSR count). The first-order valence-corrected chi connectivity index (χ1v) is 10.4. The third kappa shape index (κ3) is 3.88. The van der Waals surface area contributed by atoms with Crippen LogP contribution < -0.4 is 10.3 Å². The number of pyridine rings is 1. The molecule has 2 aromatic rings. The third-order valence-electron chi connectivity index (χ3n) is 6.28. The van der Waals surface area contributed by atoms with Gasteiger partial charge in [-0.1, -0.05) is 26.2 Å². The highest BCUT2D eigenvalue weighted by molar-refractivity contribution is 5.86. The zero-order valence-electron chi connectivity index (χ0n) is 16.1. The second kappa shape index (κ2) is 8.01. The van der Waals surface area contributed by atoms with E-state index in [9.17, 15) is 9.18 Å². The Hall–Kier alpha value is -1.88. The molecule has 5 heteroatoms. The maximum atomic E-state index is 14.6. The number of nitrogens with one attached hydrogen (secondary N) is 1. The van der Waals surface area contributed by atoms with Crippen LogP contribution in [0.2, 0.25) is 0 Å². The number of fused-ring (bicyclic) bond motifs is 1. The Balaban J connectivity index is 1.47. The van der Waals surface area contributed by atoms with Gasteiger partial charge in [-0.25, -0.2) is 4.39 Å². The SMILES string of the molecule is CCc1c[nH]c(=O)c2cc(F)c(OC3CCN(C4CCCCC4)CC3)cc12. The second-order valence-corrected chi connectivity index (χ2v) is 7.97. The lowest BCUT2D eigenvalue weighted by molar-refractivity contribution is 0.0612. The molecule has 1 saturated carbocycles. The molecule has 1 aliphatic carbocycles. The fraction of sp³-hybridized carbons (Fsp3) is 0.591. The van der Waals surface area contributed by atoms with Crippen molar-refractivity contribution in [2.24, 2.45) is 0 Å². The summed E-state index contributed by atoms with van der Waals surface area (Å²) in [7, 11) is 0. The van der Waals surface area contributed by atoms with E-state index >= 15 is 0 Å². The number of H-pyrrole nitrogens is 1. The fourth-order valence-corrected chi connectivity index (χ4v) is 4.68. The summed E-state index contributed by atoms with van der Waals surface area (Å²) >= 11 is 0. The number of likely N-dealkylation sites (tertiary alicyclic amines) is 1. The molecule has 0 radical (unpaired) electrons. The van der Waals surface area contributed by atoms with Gasteiger partial charge in [0.15, 0.2) is 11.6 Å². The molecule has 0 bridgehead atoms. The van der Waals surface area contributed by atoms with Gasteiger partial charge in [0.1, 0.15) is 6.10 Å². The van der Waals surface area contributed by atoms with Crippen molar-refractivity contribution in [1.82, 2.24) is 9.88 Å². The van der Waals surface area contributed by atoms with E-state index < -0.39 is 5.82 Å². The van der Waals surface area contributed by atoms with E-state index in [2.05, 4.69) is 9.88 Å². The van der Waals surface area contributed by atoms with Gasteiger partial charge in [0, 0.05) is 25.3 Å². The zero-order chi connectivity index (χ0) is 18.8. The van der Waals surface area contributed by atoms with Gasteiger partial charge in [-0.15, -0.1) is 0 Å². The molecular formula is C22H29FN2O2. The van der Waals surface area contributed by atoms with Crippen LogP contribution in [0.25, 0.3) is 10.8 Å². The molecule has 1 aromatic heterocycles. The predicted octanol–water partition coefficient (Wildman–Crippen LogP) is 4.41. The topological polar surface area (TPSA) is 45.3 Å². The van der Waals surface area contributed by atoms with Crippen molar-refractivity contribution in [2.75, 3.05) is 13.1 Å². The number of aromatic nitrogens is 1. The van der Waals surface area contributed by atoms with E-state index in [0.717, 1.165) is 49.3 Å². The van der Waals surface area contributed by atoms with E-state index in [1.807, 2.05) is 6.92 Å². The average Bonchev–Trinajstić information content (AvgIpc) is 2.71. The number of halogens is 1. The molecule has 2 heterocycles. The van der Waals surface area contributed by atoms with Crippen LogP contribution in [-0.4, -0.2) is 35.1 Å². The lowest BCUT2D eigenvalue weighted by atomic mass is 9.92. The van der Waals surface area contributed by atoms with Crippen LogP contribution in [0.3, 0.4) is 0 Å². The van der Waals surface area contributed by atoms with Crippen LogP contribution in [0, 0.1) is 5.82 Å². The van der Waals surface area contributed by atoms with Crippen molar-refractivity contribution >= 4 is 10.8 Å². The molecule has 0 unspecified atom stereocenters. The molecule has 0 amide bonds. The summed E-state index contributed by atoms with van der Waals surface area (Å²) in [6.07, 6.45) is 11.1. The maximum Gasteiger partial charge on any atom is 0.255 e. The van der Waals surface area contributed by atoms with Crippen molar-refractivity contribution in [2.45, 2.75) is 70.4 Å². The molecule has 1 saturated heterocycles. The monoisotopic (exact) mass is 372 g/mol. The Morgan fingerprint density at radius 1 is 1.11 bits per heavy atom. The number of piperidine rings is 1. The first kappa shape index (κ1) is 18.5. The summed E-state index contributed by atoms with van der Waals surface area (Å²) in [6.45, 7) is 4.09. The summed E-state index contributed by atoms with van der Waals surface area (Å²) in [5, 5.41) is 1.18. The normalized spacial score (nSPS) is 20.2. The van der Waals surface area contributed by atoms with Crippen LogP contribution in [0.15, 0.2) is 23.1 Å².